The number of benzene rings is 1. The third kappa shape index (κ3) is 3.04. The summed E-state index contributed by atoms with van der Waals surface area (Å²) < 4.78 is 14.8. The van der Waals surface area contributed by atoms with E-state index in [2.05, 4.69) is 4.98 Å². The number of imidazole rings is 1. The van der Waals surface area contributed by atoms with Gasteiger partial charge < -0.3 is 15.2 Å². The van der Waals surface area contributed by atoms with E-state index in [0.717, 1.165) is 0 Å². The number of rotatable bonds is 4. The van der Waals surface area contributed by atoms with Crippen molar-refractivity contribution in [2.45, 2.75) is 12.5 Å². The molecule has 0 saturated heterocycles. The fourth-order valence-corrected chi connectivity index (χ4v) is 2.56. The number of carboxylic acid groups (broad SMARTS) is 1. The Kier molecular flexibility index (Phi) is 4.02. The summed E-state index contributed by atoms with van der Waals surface area (Å²) in [6, 6.07) is 8.18. The Bertz CT molecular complexity index is 877. The van der Waals surface area contributed by atoms with Gasteiger partial charge in [-0.2, -0.15) is 0 Å². The van der Waals surface area contributed by atoms with Gasteiger partial charge >= 0.3 is 5.97 Å². The molecule has 0 saturated carbocycles. The highest BCUT2D eigenvalue weighted by atomic mass is 35.5. The number of carboxylic acids is 1. The third-order valence-electron chi connectivity index (χ3n) is 3.53. The van der Waals surface area contributed by atoms with Gasteiger partial charge in [0.05, 0.1) is 16.4 Å². The molecule has 7 heteroatoms. The number of fused-ring (bicyclic) bond motifs is 1. The zero-order chi connectivity index (χ0) is 16.6. The number of halogens is 2. The quantitative estimate of drug-likeness (QED) is 0.769. The number of nitrogens with zero attached hydrogens (tertiary/aromatic N) is 2. The van der Waals surface area contributed by atoms with E-state index >= 15 is 0 Å². The molecule has 23 heavy (non-hydrogen) atoms. The van der Waals surface area contributed by atoms with Crippen molar-refractivity contribution in [3.05, 3.63) is 59.1 Å². The molecule has 1 aromatic carbocycles. The lowest BCUT2D eigenvalue weighted by atomic mass is 10.1. The van der Waals surface area contributed by atoms with Crippen LogP contribution in [0.5, 0.6) is 0 Å². The molecule has 0 radical (unpaired) electrons. The van der Waals surface area contributed by atoms with Gasteiger partial charge in [-0.05, 0) is 36.4 Å². The third-order valence-corrected chi connectivity index (χ3v) is 3.75. The Balaban J connectivity index is 2.19. The average molecular weight is 334 g/mol. The molecule has 1 unspecified atom stereocenters. The van der Waals surface area contributed by atoms with E-state index < -0.39 is 12.0 Å². The van der Waals surface area contributed by atoms with Crippen LogP contribution in [0.15, 0.2) is 42.6 Å². The molecule has 0 amide bonds. The van der Waals surface area contributed by atoms with E-state index in [4.69, 9.17) is 22.4 Å². The standard InChI is InChI=1S/C16H13ClFN3O2/c17-10-3-6-14-20-15(9-1-4-11(18)5-2-9)13(21(14)8-10)7-12(19)16(22)23/h1-6,8,12H,7,19H2,(H,22,23). The Morgan fingerprint density at radius 1 is 1.30 bits per heavy atom. The van der Waals surface area contributed by atoms with Crippen molar-refractivity contribution in [1.29, 1.82) is 0 Å². The molecule has 2 aromatic heterocycles. The van der Waals surface area contributed by atoms with E-state index in [9.17, 15) is 9.18 Å². The summed E-state index contributed by atoms with van der Waals surface area (Å²) in [6.07, 6.45) is 1.73. The molecule has 3 rings (SSSR count). The van der Waals surface area contributed by atoms with Crippen molar-refractivity contribution in [3.63, 3.8) is 0 Å². The monoisotopic (exact) mass is 333 g/mol. The van der Waals surface area contributed by atoms with Crippen LogP contribution in [-0.4, -0.2) is 26.5 Å². The highest BCUT2D eigenvalue weighted by Crippen LogP contribution is 2.27. The minimum absolute atomic E-state index is 0.0730. The number of hydrogen-bond donors (Lipinski definition) is 2. The first-order chi connectivity index (χ1) is 11.0. The number of pyridine rings is 1. The van der Waals surface area contributed by atoms with E-state index in [-0.39, 0.29) is 12.2 Å². The van der Waals surface area contributed by atoms with Crippen LogP contribution in [-0.2, 0) is 11.2 Å². The van der Waals surface area contributed by atoms with Gasteiger partial charge in [0.1, 0.15) is 17.5 Å². The molecular formula is C16H13ClFN3O2. The number of carbonyl (C=O) groups is 1. The summed E-state index contributed by atoms with van der Waals surface area (Å²) in [4.78, 5) is 15.6. The first-order valence-electron chi connectivity index (χ1n) is 6.86. The first-order valence-corrected chi connectivity index (χ1v) is 7.24. The van der Waals surface area contributed by atoms with Crippen LogP contribution in [0.2, 0.25) is 5.02 Å². The lowest BCUT2D eigenvalue weighted by Crippen LogP contribution is -2.32. The van der Waals surface area contributed by atoms with Crippen LogP contribution in [0.3, 0.4) is 0 Å². The summed E-state index contributed by atoms with van der Waals surface area (Å²) in [6.45, 7) is 0. The second-order valence-electron chi connectivity index (χ2n) is 5.14. The minimum atomic E-state index is -1.10. The molecule has 0 aliphatic heterocycles. The summed E-state index contributed by atoms with van der Waals surface area (Å²) >= 11 is 6.02. The largest absolute Gasteiger partial charge is 0.480 e. The van der Waals surface area contributed by atoms with Crippen molar-refractivity contribution in [3.8, 4) is 11.3 Å². The fraction of sp³-hybridized carbons (Fsp3) is 0.125. The number of aromatic nitrogens is 2. The second kappa shape index (κ2) is 5.98. The maximum atomic E-state index is 13.1. The first kappa shape index (κ1) is 15.5. The molecule has 3 aromatic rings. The Hall–Kier alpha value is -2.44. The highest BCUT2D eigenvalue weighted by Gasteiger charge is 2.20. The van der Waals surface area contributed by atoms with Crippen molar-refractivity contribution >= 4 is 23.2 Å². The number of hydrogen-bond acceptors (Lipinski definition) is 3. The predicted octanol–water partition coefficient (Wildman–Crippen LogP) is 2.75. The van der Waals surface area contributed by atoms with Gasteiger partial charge in [0.25, 0.3) is 0 Å². The van der Waals surface area contributed by atoms with Crippen LogP contribution < -0.4 is 5.73 Å². The van der Waals surface area contributed by atoms with Crippen molar-refractivity contribution < 1.29 is 14.3 Å². The van der Waals surface area contributed by atoms with E-state index in [1.807, 2.05) is 0 Å². The fourth-order valence-electron chi connectivity index (χ4n) is 2.40. The van der Waals surface area contributed by atoms with Crippen molar-refractivity contribution in [2.75, 3.05) is 0 Å². The molecule has 0 bridgehead atoms. The molecular weight excluding hydrogens is 321 g/mol. The molecule has 2 heterocycles. The van der Waals surface area contributed by atoms with E-state index in [1.165, 1.54) is 12.1 Å². The molecule has 3 N–H and O–H groups in total. The van der Waals surface area contributed by atoms with Crippen LogP contribution in [0, 0.1) is 5.82 Å². The molecule has 118 valence electrons. The lowest BCUT2D eigenvalue weighted by Gasteiger charge is -2.09. The Labute approximate surface area is 136 Å². The normalized spacial score (nSPS) is 12.5. The SMILES string of the molecule is NC(Cc1c(-c2ccc(F)cc2)nc2ccc(Cl)cn12)C(=O)O. The molecule has 0 fully saturated rings. The molecule has 0 aliphatic carbocycles. The lowest BCUT2D eigenvalue weighted by molar-refractivity contribution is -0.138. The Morgan fingerprint density at radius 2 is 2.00 bits per heavy atom. The topological polar surface area (TPSA) is 80.6 Å². The van der Waals surface area contributed by atoms with Gasteiger partial charge in [-0.3, -0.25) is 4.79 Å². The van der Waals surface area contributed by atoms with Crippen LogP contribution in [0.1, 0.15) is 5.69 Å². The van der Waals surface area contributed by atoms with Gasteiger partial charge in [-0.1, -0.05) is 11.6 Å². The van der Waals surface area contributed by atoms with E-state index in [1.54, 1.807) is 34.9 Å². The average Bonchev–Trinajstić information content (AvgIpc) is 2.86. The summed E-state index contributed by atoms with van der Waals surface area (Å²) in [5.41, 5.74) is 8.14. The van der Waals surface area contributed by atoms with Gasteiger partial charge in [-0.25, -0.2) is 9.37 Å². The maximum absolute atomic E-state index is 13.1. The summed E-state index contributed by atoms with van der Waals surface area (Å²) in [5.74, 6) is -1.46. The summed E-state index contributed by atoms with van der Waals surface area (Å²) in [7, 11) is 0. The van der Waals surface area contributed by atoms with Gasteiger partial charge in [0.15, 0.2) is 0 Å². The predicted molar refractivity (Wildman–Crippen MR) is 84.9 cm³/mol. The van der Waals surface area contributed by atoms with Gasteiger partial charge in [-0.15, -0.1) is 0 Å². The van der Waals surface area contributed by atoms with Crippen LogP contribution in [0.4, 0.5) is 4.39 Å². The smallest absolute Gasteiger partial charge is 0.320 e. The van der Waals surface area contributed by atoms with E-state index in [0.29, 0.717) is 27.6 Å². The van der Waals surface area contributed by atoms with Crippen LogP contribution >= 0.6 is 11.6 Å². The molecule has 0 spiro atoms. The second-order valence-corrected chi connectivity index (χ2v) is 5.57. The zero-order valence-electron chi connectivity index (χ0n) is 11.9. The van der Waals surface area contributed by atoms with Crippen molar-refractivity contribution in [1.82, 2.24) is 9.38 Å². The van der Waals surface area contributed by atoms with Crippen LogP contribution in [0.25, 0.3) is 16.9 Å². The zero-order valence-corrected chi connectivity index (χ0v) is 12.7. The molecule has 0 aliphatic rings. The summed E-state index contributed by atoms with van der Waals surface area (Å²) in [5, 5.41) is 9.57. The van der Waals surface area contributed by atoms with Crippen molar-refractivity contribution in [2.24, 2.45) is 5.73 Å². The Morgan fingerprint density at radius 3 is 2.65 bits per heavy atom. The number of aliphatic carboxylic acids is 1. The minimum Gasteiger partial charge on any atom is -0.480 e. The highest BCUT2D eigenvalue weighted by molar-refractivity contribution is 6.30. The molecule has 1 atom stereocenters. The van der Waals surface area contributed by atoms with Gasteiger partial charge in [0.2, 0.25) is 0 Å². The molecule has 5 nitrogen and oxygen atoms in total. The maximum Gasteiger partial charge on any atom is 0.320 e. The van der Waals surface area contributed by atoms with Gasteiger partial charge in [0, 0.05) is 18.2 Å². The number of nitrogens with two attached hydrogens (primary N) is 1.